The van der Waals surface area contributed by atoms with Gasteiger partial charge in [-0.3, -0.25) is 4.79 Å². The number of para-hydroxylation sites is 2. The first kappa shape index (κ1) is 22.5. The number of piperazine rings is 1. The number of aromatic nitrogens is 2. The van der Waals surface area contributed by atoms with E-state index in [2.05, 4.69) is 4.90 Å². The van der Waals surface area contributed by atoms with Crippen LogP contribution in [0.4, 0.5) is 5.69 Å². The summed E-state index contributed by atoms with van der Waals surface area (Å²) in [7, 11) is 1.63. The van der Waals surface area contributed by atoms with Crippen molar-refractivity contribution in [3.8, 4) is 28.4 Å². The number of aryl methyl sites for hydroxylation is 1. The molecule has 0 atom stereocenters. The van der Waals surface area contributed by atoms with E-state index in [4.69, 9.17) is 9.84 Å². The lowest BCUT2D eigenvalue weighted by molar-refractivity contribution is 0.0747. The minimum atomic E-state index is -0.0573. The highest BCUT2D eigenvalue weighted by molar-refractivity contribution is 6.00. The SMILES string of the molecule is COc1cccc(-c2nn(-c3ccc(C)cc3)cc2C(=O)N2CCN(c3ccccc3O)CC2)c1. The van der Waals surface area contributed by atoms with Gasteiger partial charge in [0.05, 0.1) is 24.0 Å². The van der Waals surface area contributed by atoms with Crippen LogP contribution in [0.5, 0.6) is 11.5 Å². The highest BCUT2D eigenvalue weighted by atomic mass is 16.5. The zero-order valence-electron chi connectivity index (χ0n) is 19.9. The van der Waals surface area contributed by atoms with Crippen molar-refractivity contribution < 1.29 is 14.6 Å². The van der Waals surface area contributed by atoms with Crippen molar-refractivity contribution in [3.63, 3.8) is 0 Å². The average molecular weight is 469 g/mol. The first-order valence-corrected chi connectivity index (χ1v) is 11.7. The summed E-state index contributed by atoms with van der Waals surface area (Å²) in [5, 5.41) is 15.0. The van der Waals surface area contributed by atoms with E-state index in [1.165, 1.54) is 0 Å². The number of anilines is 1. The number of carbonyl (C=O) groups is 1. The number of aromatic hydroxyl groups is 1. The van der Waals surface area contributed by atoms with Crippen LogP contribution in [0, 0.1) is 6.92 Å². The van der Waals surface area contributed by atoms with Crippen LogP contribution in [-0.4, -0.2) is 59.0 Å². The normalized spacial score (nSPS) is 13.7. The molecule has 1 saturated heterocycles. The van der Waals surface area contributed by atoms with E-state index < -0.39 is 0 Å². The molecule has 0 radical (unpaired) electrons. The van der Waals surface area contributed by atoms with Crippen molar-refractivity contribution in [1.29, 1.82) is 0 Å². The maximum Gasteiger partial charge on any atom is 0.257 e. The molecular weight excluding hydrogens is 440 g/mol. The van der Waals surface area contributed by atoms with Crippen LogP contribution >= 0.6 is 0 Å². The number of carbonyl (C=O) groups excluding carboxylic acids is 1. The monoisotopic (exact) mass is 468 g/mol. The Morgan fingerprint density at radius 1 is 0.943 bits per heavy atom. The highest BCUT2D eigenvalue weighted by Crippen LogP contribution is 2.30. The van der Waals surface area contributed by atoms with Crippen LogP contribution in [0.2, 0.25) is 0 Å². The summed E-state index contributed by atoms with van der Waals surface area (Å²) in [6.07, 6.45) is 1.82. The van der Waals surface area contributed by atoms with Gasteiger partial charge in [-0.2, -0.15) is 5.10 Å². The quantitative estimate of drug-likeness (QED) is 0.466. The average Bonchev–Trinajstić information content (AvgIpc) is 3.35. The van der Waals surface area contributed by atoms with Gasteiger partial charge in [-0.15, -0.1) is 0 Å². The molecule has 1 fully saturated rings. The zero-order chi connectivity index (χ0) is 24.4. The molecule has 0 saturated carbocycles. The van der Waals surface area contributed by atoms with Gasteiger partial charge in [0.2, 0.25) is 0 Å². The number of phenolic OH excluding ortho intramolecular Hbond substituents is 1. The Hall–Kier alpha value is -4.26. The molecule has 4 aromatic rings. The molecule has 1 aliphatic heterocycles. The molecule has 35 heavy (non-hydrogen) atoms. The van der Waals surface area contributed by atoms with Crippen LogP contribution in [0.15, 0.2) is 79.0 Å². The number of phenols is 1. The van der Waals surface area contributed by atoms with Crippen molar-refractivity contribution in [1.82, 2.24) is 14.7 Å². The molecule has 1 N–H and O–H groups in total. The maximum absolute atomic E-state index is 13.7. The number of rotatable bonds is 5. The van der Waals surface area contributed by atoms with E-state index in [0.29, 0.717) is 43.2 Å². The van der Waals surface area contributed by atoms with Crippen LogP contribution in [0.1, 0.15) is 15.9 Å². The highest BCUT2D eigenvalue weighted by Gasteiger charge is 2.27. The first-order chi connectivity index (χ1) is 17.0. The summed E-state index contributed by atoms with van der Waals surface area (Å²) < 4.78 is 7.17. The van der Waals surface area contributed by atoms with E-state index in [9.17, 15) is 9.90 Å². The standard InChI is InChI=1S/C28H28N4O3/c1-20-10-12-22(13-11-20)32-19-24(27(29-32)21-6-5-7-23(18-21)35-2)28(34)31-16-14-30(15-17-31)25-8-3-4-9-26(25)33/h3-13,18-19,33H,14-17H2,1-2H3. The number of nitrogens with zero attached hydrogens (tertiary/aromatic N) is 4. The lowest BCUT2D eigenvalue weighted by Crippen LogP contribution is -2.48. The molecular formula is C28H28N4O3. The largest absolute Gasteiger partial charge is 0.506 e. The zero-order valence-corrected chi connectivity index (χ0v) is 19.9. The summed E-state index contributed by atoms with van der Waals surface area (Å²) in [5.41, 5.74) is 4.85. The lowest BCUT2D eigenvalue weighted by atomic mass is 10.1. The molecule has 0 spiro atoms. The third-order valence-electron chi connectivity index (χ3n) is 6.38. The topological polar surface area (TPSA) is 70.8 Å². The second-order valence-corrected chi connectivity index (χ2v) is 8.67. The van der Waals surface area contributed by atoms with Gasteiger partial charge in [0.15, 0.2) is 0 Å². The second kappa shape index (κ2) is 9.54. The van der Waals surface area contributed by atoms with Crippen molar-refractivity contribution >= 4 is 11.6 Å². The molecule has 178 valence electrons. The number of hydrogen-bond acceptors (Lipinski definition) is 5. The Morgan fingerprint density at radius 2 is 1.69 bits per heavy atom. The second-order valence-electron chi connectivity index (χ2n) is 8.67. The number of hydrogen-bond donors (Lipinski definition) is 1. The van der Waals surface area contributed by atoms with Gasteiger partial charge >= 0.3 is 0 Å². The number of benzene rings is 3. The maximum atomic E-state index is 13.7. The third kappa shape index (κ3) is 4.57. The van der Waals surface area contributed by atoms with Gasteiger partial charge in [0.25, 0.3) is 5.91 Å². The minimum absolute atomic E-state index is 0.0573. The van der Waals surface area contributed by atoms with Gasteiger partial charge in [-0.1, -0.05) is 42.0 Å². The number of methoxy groups -OCH3 is 1. The molecule has 1 aromatic heterocycles. The Morgan fingerprint density at radius 3 is 2.40 bits per heavy atom. The Bertz CT molecular complexity index is 1340. The van der Waals surface area contributed by atoms with Crippen molar-refractivity contribution in [2.45, 2.75) is 6.92 Å². The molecule has 7 nitrogen and oxygen atoms in total. The van der Waals surface area contributed by atoms with E-state index in [1.54, 1.807) is 17.9 Å². The first-order valence-electron chi connectivity index (χ1n) is 11.7. The van der Waals surface area contributed by atoms with Gasteiger partial charge in [-0.25, -0.2) is 4.68 Å². The van der Waals surface area contributed by atoms with Crippen LogP contribution in [0.3, 0.4) is 0 Å². The molecule has 5 rings (SSSR count). The summed E-state index contributed by atoms with van der Waals surface area (Å²) >= 11 is 0. The van der Waals surface area contributed by atoms with E-state index in [0.717, 1.165) is 22.5 Å². The molecule has 0 unspecified atom stereocenters. The lowest BCUT2D eigenvalue weighted by Gasteiger charge is -2.36. The fourth-order valence-electron chi connectivity index (χ4n) is 4.40. The summed E-state index contributed by atoms with van der Waals surface area (Å²) in [6, 6.07) is 23.0. The summed E-state index contributed by atoms with van der Waals surface area (Å²) in [4.78, 5) is 17.7. The predicted molar refractivity (Wildman–Crippen MR) is 137 cm³/mol. The molecule has 3 aromatic carbocycles. The van der Waals surface area contributed by atoms with Crippen LogP contribution in [0.25, 0.3) is 16.9 Å². The van der Waals surface area contributed by atoms with Gasteiger partial charge < -0.3 is 19.6 Å². The molecule has 1 aliphatic rings. The Labute approximate surface area is 204 Å². The van der Waals surface area contributed by atoms with E-state index in [-0.39, 0.29) is 11.7 Å². The number of amides is 1. The van der Waals surface area contributed by atoms with Gasteiger partial charge in [0, 0.05) is 37.9 Å². The van der Waals surface area contributed by atoms with Crippen molar-refractivity contribution in [2.75, 3.05) is 38.2 Å². The van der Waals surface area contributed by atoms with Gasteiger partial charge in [0.1, 0.15) is 17.2 Å². The summed E-state index contributed by atoms with van der Waals surface area (Å²) in [5.74, 6) is 0.909. The Kier molecular flexibility index (Phi) is 6.14. The molecule has 7 heteroatoms. The molecule has 2 heterocycles. The fourth-order valence-corrected chi connectivity index (χ4v) is 4.40. The minimum Gasteiger partial charge on any atom is -0.506 e. The van der Waals surface area contributed by atoms with Gasteiger partial charge in [-0.05, 0) is 43.3 Å². The molecule has 0 aliphatic carbocycles. The van der Waals surface area contributed by atoms with Crippen LogP contribution < -0.4 is 9.64 Å². The van der Waals surface area contributed by atoms with Crippen LogP contribution in [-0.2, 0) is 0 Å². The predicted octanol–water partition coefficient (Wildman–Crippen LogP) is 4.52. The van der Waals surface area contributed by atoms with E-state index >= 15 is 0 Å². The summed E-state index contributed by atoms with van der Waals surface area (Å²) in [6.45, 7) is 4.44. The van der Waals surface area contributed by atoms with Crippen molar-refractivity contribution in [3.05, 3.63) is 90.1 Å². The molecule has 0 bridgehead atoms. The fraction of sp³-hybridized carbons (Fsp3) is 0.214. The van der Waals surface area contributed by atoms with Crippen molar-refractivity contribution in [2.24, 2.45) is 0 Å². The van der Waals surface area contributed by atoms with E-state index in [1.807, 2.05) is 84.8 Å². The Balaban J connectivity index is 1.45. The number of ether oxygens (including phenoxy) is 1. The smallest absolute Gasteiger partial charge is 0.257 e. The molecule has 1 amide bonds. The third-order valence-corrected chi connectivity index (χ3v) is 6.38.